The van der Waals surface area contributed by atoms with Gasteiger partial charge in [-0.3, -0.25) is 0 Å². The number of benzene rings is 2. The van der Waals surface area contributed by atoms with Crippen LogP contribution in [0.4, 0.5) is 0 Å². The van der Waals surface area contributed by atoms with E-state index >= 15 is 0 Å². The second-order valence-corrected chi connectivity index (χ2v) is 7.63. The van der Waals surface area contributed by atoms with E-state index in [0.717, 1.165) is 0 Å². The third-order valence-electron chi connectivity index (χ3n) is 5.64. The Hall–Kier alpha value is -2.89. The molecule has 6 atom stereocenters. The highest BCUT2D eigenvalue weighted by Gasteiger charge is 2.45. The monoisotopic (exact) mass is 448 g/mol. The molecule has 0 spiro atoms. The van der Waals surface area contributed by atoms with Gasteiger partial charge in [0, 0.05) is 6.42 Å². The lowest BCUT2D eigenvalue weighted by Crippen LogP contribution is -2.60. The minimum absolute atomic E-state index is 0.0628. The van der Waals surface area contributed by atoms with E-state index in [-0.39, 0.29) is 17.1 Å². The summed E-state index contributed by atoms with van der Waals surface area (Å²) < 4.78 is 21.6. The molecule has 0 aromatic heterocycles. The molecule has 32 heavy (non-hydrogen) atoms. The minimum atomic E-state index is -1.61. The Kier molecular flexibility index (Phi) is 6.22. The van der Waals surface area contributed by atoms with Crippen molar-refractivity contribution in [1.82, 2.24) is 0 Å². The van der Waals surface area contributed by atoms with Crippen molar-refractivity contribution in [2.45, 2.75) is 43.2 Å². The van der Waals surface area contributed by atoms with Crippen LogP contribution < -0.4 is 9.47 Å². The molecule has 0 bridgehead atoms. The quantitative estimate of drug-likeness (QED) is 0.396. The van der Waals surface area contributed by atoms with Crippen molar-refractivity contribution in [2.75, 3.05) is 13.7 Å². The molecule has 5 N–H and O–H groups in total. The molecule has 6 unspecified atom stereocenters. The fraction of sp³-hybridized carbons (Fsp3) is 0.409. The Morgan fingerprint density at radius 3 is 2.53 bits per heavy atom. The SMILES string of the molecule is COc1ccc(C2Cc3cccc(OC4OC(CO)C(O)C(O)C4O)c3C(=O)O2)cc1O. The zero-order valence-electron chi connectivity index (χ0n) is 17.1. The summed E-state index contributed by atoms with van der Waals surface area (Å²) in [5.74, 6) is -0.391. The number of aliphatic hydroxyl groups is 4. The highest BCUT2D eigenvalue weighted by Crippen LogP contribution is 2.38. The third-order valence-corrected chi connectivity index (χ3v) is 5.64. The first kappa shape index (κ1) is 22.3. The number of esters is 1. The average molecular weight is 448 g/mol. The number of phenols is 1. The number of aliphatic hydroxyl groups excluding tert-OH is 4. The number of aromatic hydroxyl groups is 1. The molecule has 0 saturated carbocycles. The number of fused-ring (bicyclic) bond motifs is 1. The number of hydrogen-bond donors (Lipinski definition) is 5. The summed E-state index contributed by atoms with van der Waals surface area (Å²) in [6.45, 7) is -0.601. The molecular formula is C22H24O10. The van der Waals surface area contributed by atoms with E-state index in [2.05, 4.69) is 0 Å². The minimum Gasteiger partial charge on any atom is -0.504 e. The Morgan fingerprint density at radius 1 is 1.06 bits per heavy atom. The van der Waals surface area contributed by atoms with E-state index in [1.54, 1.807) is 24.3 Å². The highest BCUT2D eigenvalue weighted by molar-refractivity contribution is 5.95. The van der Waals surface area contributed by atoms with E-state index in [1.165, 1.54) is 19.2 Å². The highest BCUT2D eigenvalue weighted by atomic mass is 16.7. The second kappa shape index (κ2) is 8.93. The van der Waals surface area contributed by atoms with Gasteiger partial charge in [0.25, 0.3) is 0 Å². The van der Waals surface area contributed by atoms with Crippen LogP contribution in [-0.4, -0.2) is 75.9 Å². The van der Waals surface area contributed by atoms with Gasteiger partial charge in [0.15, 0.2) is 11.5 Å². The number of carbonyl (C=O) groups excluding carboxylic acids is 1. The van der Waals surface area contributed by atoms with Crippen molar-refractivity contribution in [1.29, 1.82) is 0 Å². The van der Waals surface area contributed by atoms with Gasteiger partial charge >= 0.3 is 5.97 Å². The molecule has 0 amide bonds. The van der Waals surface area contributed by atoms with Gasteiger partial charge in [0.1, 0.15) is 41.8 Å². The lowest BCUT2D eigenvalue weighted by atomic mass is 9.93. The number of methoxy groups -OCH3 is 1. The molecule has 1 saturated heterocycles. The Balaban J connectivity index is 1.58. The molecular weight excluding hydrogens is 424 g/mol. The maximum atomic E-state index is 12.8. The van der Waals surface area contributed by atoms with Crippen molar-refractivity contribution in [3.63, 3.8) is 0 Å². The summed E-state index contributed by atoms with van der Waals surface area (Å²) in [4.78, 5) is 12.8. The zero-order chi connectivity index (χ0) is 23.0. The first-order chi connectivity index (χ1) is 15.3. The van der Waals surface area contributed by atoms with E-state index in [1.807, 2.05) is 0 Å². The van der Waals surface area contributed by atoms with Crippen molar-refractivity contribution in [2.24, 2.45) is 0 Å². The molecule has 0 aliphatic carbocycles. The fourth-order valence-corrected chi connectivity index (χ4v) is 3.89. The average Bonchev–Trinajstić information content (AvgIpc) is 2.79. The van der Waals surface area contributed by atoms with Crippen LogP contribution in [0.25, 0.3) is 0 Å². The smallest absolute Gasteiger partial charge is 0.342 e. The Bertz CT molecular complexity index is 991. The topological polar surface area (TPSA) is 155 Å². The molecule has 2 heterocycles. The summed E-state index contributed by atoms with van der Waals surface area (Å²) in [6, 6.07) is 9.60. The number of phenolic OH excluding ortho intramolecular Hbond substituents is 1. The maximum Gasteiger partial charge on any atom is 0.342 e. The lowest BCUT2D eigenvalue weighted by Gasteiger charge is -2.40. The van der Waals surface area contributed by atoms with Crippen LogP contribution in [0.1, 0.15) is 27.6 Å². The molecule has 0 radical (unpaired) electrons. The molecule has 10 heteroatoms. The molecule has 10 nitrogen and oxygen atoms in total. The van der Waals surface area contributed by atoms with Crippen molar-refractivity contribution < 1.29 is 49.3 Å². The summed E-state index contributed by atoms with van der Waals surface area (Å²) in [7, 11) is 1.43. The van der Waals surface area contributed by atoms with E-state index in [4.69, 9.17) is 18.9 Å². The van der Waals surface area contributed by atoms with Crippen molar-refractivity contribution >= 4 is 5.97 Å². The first-order valence-electron chi connectivity index (χ1n) is 10.0. The normalized spacial score (nSPS) is 29.7. The summed E-state index contributed by atoms with van der Waals surface area (Å²) >= 11 is 0. The predicted molar refractivity (Wildman–Crippen MR) is 107 cm³/mol. The predicted octanol–water partition coefficient (Wildman–Crippen LogP) is 0.0337. The molecule has 172 valence electrons. The standard InChI is InChI=1S/C22H24O10/c1-29-13-6-5-10(7-12(13)24)15-8-11-3-2-4-14(17(11)21(28)30-15)31-22-20(27)19(26)18(25)16(9-23)32-22/h2-7,15-16,18-20,22-27H,8-9H2,1H3. The van der Waals surface area contributed by atoms with Crippen molar-refractivity contribution in [3.8, 4) is 17.2 Å². The third kappa shape index (κ3) is 3.98. The number of cyclic esters (lactones) is 1. The van der Waals surface area contributed by atoms with E-state index < -0.39 is 49.4 Å². The molecule has 2 aliphatic rings. The van der Waals surface area contributed by atoms with Gasteiger partial charge < -0.3 is 44.5 Å². The van der Waals surface area contributed by atoms with Gasteiger partial charge in [0.05, 0.1) is 13.7 Å². The Labute approximate surface area is 183 Å². The summed E-state index contributed by atoms with van der Waals surface area (Å²) in [5.41, 5.74) is 1.34. The molecule has 2 aromatic rings. The van der Waals surface area contributed by atoms with Crippen LogP contribution in [0.5, 0.6) is 17.2 Å². The second-order valence-electron chi connectivity index (χ2n) is 7.63. The van der Waals surface area contributed by atoms with Crippen LogP contribution in [-0.2, 0) is 15.9 Å². The number of hydrogen-bond acceptors (Lipinski definition) is 10. The summed E-state index contributed by atoms with van der Waals surface area (Å²) in [6.07, 6.45) is -7.65. The zero-order valence-corrected chi connectivity index (χ0v) is 17.1. The maximum absolute atomic E-state index is 12.8. The van der Waals surface area contributed by atoms with Crippen LogP contribution in [0, 0.1) is 0 Å². The largest absolute Gasteiger partial charge is 0.504 e. The molecule has 2 aromatic carbocycles. The van der Waals surface area contributed by atoms with Gasteiger partial charge in [-0.1, -0.05) is 18.2 Å². The van der Waals surface area contributed by atoms with Crippen LogP contribution in [0.2, 0.25) is 0 Å². The number of ether oxygens (including phenoxy) is 4. The van der Waals surface area contributed by atoms with Gasteiger partial charge in [-0.15, -0.1) is 0 Å². The van der Waals surface area contributed by atoms with Crippen LogP contribution in [0.3, 0.4) is 0 Å². The van der Waals surface area contributed by atoms with Gasteiger partial charge in [-0.2, -0.15) is 0 Å². The van der Waals surface area contributed by atoms with Crippen molar-refractivity contribution in [3.05, 3.63) is 53.1 Å². The van der Waals surface area contributed by atoms with Gasteiger partial charge in [0.2, 0.25) is 6.29 Å². The Morgan fingerprint density at radius 2 is 1.84 bits per heavy atom. The number of rotatable bonds is 5. The van der Waals surface area contributed by atoms with E-state index in [0.29, 0.717) is 23.3 Å². The number of carbonyl (C=O) groups is 1. The van der Waals surface area contributed by atoms with Crippen LogP contribution in [0.15, 0.2) is 36.4 Å². The molecule has 1 fully saturated rings. The fourth-order valence-electron chi connectivity index (χ4n) is 3.89. The summed E-state index contributed by atoms with van der Waals surface area (Å²) in [5, 5.41) is 49.5. The molecule has 2 aliphatic heterocycles. The van der Waals surface area contributed by atoms with Gasteiger partial charge in [-0.05, 0) is 29.3 Å². The van der Waals surface area contributed by atoms with Crippen LogP contribution >= 0.6 is 0 Å². The molecule has 4 rings (SSSR count). The van der Waals surface area contributed by atoms with Gasteiger partial charge in [-0.25, -0.2) is 4.79 Å². The lowest BCUT2D eigenvalue weighted by molar-refractivity contribution is -0.277. The van der Waals surface area contributed by atoms with E-state index in [9.17, 15) is 30.3 Å². The first-order valence-corrected chi connectivity index (χ1v) is 10.0.